The minimum atomic E-state index is -4.56. The van der Waals surface area contributed by atoms with Crippen molar-refractivity contribution in [2.75, 3.05) is 5.73 Å². The summed E-state index contributed by atoms with van der Waals surface area (Å²) in [6.07, 6.45) is 2.58. The van der Waals surface area contributed by atoms with Crippen LogP contribution in [0.15, 0.2) is 73.6 Å². The van der Waals surface area contributed by atoms with Crippen LogP contribution in [0.1, 0.15) is 68.0 Å². The van der Waals surface area contributed by atoms with Crippen LogP contribution in [0.3, 0.4) is 0 Å². The Bertz CT molecular complexity index is 1650. The zero-order valence-corrected chi connectivity index (χ0v) is 23.4. The number of imidazole rings is 1. The number of aliphatic hydroxyl groups is 1. The summed E-state index contributed by atoms with van der Waals surface area (Å²) in [4.78, 5) is 21.6. The number of halogens is 3. The topological polar surface area (TPSA) is 114 Å². The molecule has 7 nitrogen and oxygen atoms in total. The van der Waals surface area contributed by atoms with Gasteiger partial charge in [0.15, 0.2) is 0 Å². The Morgan fingerprint density at radius 2 is 1.86 bits per heavy atom. The lowest BCUT2D eigenvalue weighted by Gasteiger charge is -2.40. The fourth-order valence-corrected chi connectivity index (χ4v) is 6.29. The maximum Gasteiger partial charge on any atom is 0.416 e. The van der Waals surface area contributed by atoms with E-state index in [1.165, 1.54) is 18.2 Å². The summed E-state index contributed by atoms with van der Waals surface area (Å²) >= 11 is 0. The third kappa shape index (κ3) is 4.83. The maximum atomic E-state index is 13.4. The van der Waals surface area contributed by atoms with Crippen molar-refractivity contribution in [3.63, 3.8) is 0 Å². The average Bonchev–Trinajstić information content (AvgIpc) is 3.37. The van der Waals surface area contributed by atoms with Crippen molar-refractivity contribution in [3.8, 4) is 11.3 Å². The van der Waals surface area contributed by atoms with Crippen LogP contribution in [0.4, 0.5) is 19.0 Å². The van der Waals surface area contributed by atoms with Gasteiger partial charge in [0, 0.05) is 23.9 Å². The number of rotatable bonds is 7. The second kappa shape index (κ2) is 10.6. The molecule has 1 aliphatic rings. The number of carboxylic acid groups (broad SMARTS) is 1. The number of alkyl halides is 3. The van der Waals surface area contributed by atoms with E-state index in [2.05, 4.69) is 11.6 Å². The second-order valence-corrected chi connectivity index (χ2v) is 11.4. The number of aromatic nitrogens is 3. The first-order valence-electron chi connectivity index (χ1n) is 13.8. The predicted octanol–water partition coefficient (Wildman–Crippen LogP) is 6.80. The molecule has 3 atom stereocenters. The molecule has 0 aliphatic heterocycles. The van der Waals surface area contributed by atoms with E-state index in [1.54, 1.807) is 36.7 Å². The molecule has 0 bridgehead atoms. The first kappa shape index (κ1) is 29.3. The minimum Gasteiger partial charge on any atom is -0.481 e. The molecule has 10 heteroatoms. The molecule has 0 spiro atoms. The van der Waals surface area contributed by atoms with E-state index < -0.39 is 28.7 Å². The van der Waals surface area contributed by atoms with Gasteiger partial charge in [0.05, 0.1) is 11.0 Å². The summed E-state index contributed by atoms with van der Waals surface area (Å²) < 4.78 is 42.0. The fraction of sp³-hybridized carbons (Fsp3) is 0.344. The normalized spacial score (nSPS) is 20.9. The van der Waals surface area contributed by atoms with Crippen LogP contribution in [-0.4, -0.2) is 30.6 Å². The summed E-state index contributed by atoms with van der Waals surface area (Å²) in [5, 5.41) is 21.6. The zero-order chi connectivity index (χ0) is 30.4. The van der Waals surface area contributed by atoms with E-state index in [0.717, 1.165) is 25.0 Å². The van der Waals surface area contributed by atoms with Gasteiger partial charge >= 0.3 is 12.1 Å². The number of nitrogens with zero attached hydrogens (tertiary/aromatic N) is 3. The van der Waals surface area contributed by atoms with Gasteiger partial charge in [-0.2, -0.15) is 13.2 Å². The number of carboxylic acids is 1. The summed E-state index contributed by atoms with van der Waals surface area (Å²) in [5.41, 5.74) is 4.86. The van der Waals surface area contributed by atoms with Gasteiger partial charge in [0.2, 0.25) is 0 Å². The van der Waals surface area contributed by atoms with Crippen LogP contribution in [0, 0.1) is 11.3 Å². The summed E-state index contributed by atoms with van der Waals surface area (Å²) in [5.74, 6) is -0.00755. The van der Waals surface area contributed by atoms with Gasteiger partial charge in [-0.3, -0.25) is 9.20 Å². The smallest absolute Gasteiger partial charge is 0.416 e. The highest BCUT2D eigenvalue weighted by Gasteiger charge is 2.46. The number of aliphatic carboxylic acids is 1. The zero-order valence-electron chi connectivity index (χ0n) is 23.4. The molecular weight excluding hydrogens is 545 g/mol. The molecule has 42 heavy (non-hydrogen) atoms. The molecular formula is C32H33F3N4O3. The highest BCUT2D eigenvalue weighted by atomic mass is 19.4. The number of hydrogen-bond donors (Lipinski definition) is 3. The summed E-state index contributed by atoms with van der Waals surface area (Å²) in [6.45, 7) is 7.58. The fourth-order valence-electron chi connectivity index (χ4n) is 6.29. The van der Waals surface area contributed by atoms with Crippen LogP contribution < -0.4 is 5.73 Å². The number of nitrogens with two attached hydrogens (primary N) is 1. The van der Waals surface area contributed by atoms with Crippen molar-refractivity contribution in [1.82, 2.24) is 14.4 Å². The van der Waals surface area contributed by atoms with Crippen molar-refractivity contribution in [3.05, 3.63) is 96.1 Å². The lowest BCUT2D eigenvalue weighted by molar-refractivity contribution is -0.155. The summed E-state index contributed by atoms with van der Waals surface area (Å²) in [7, 11) is 0. The molecule has 2 heterocycles. The largest absolute Gasteiger partial charge is 0.481 e. The highest BCUT2D eigenvalue weighted by molar-refractivity contribution is 5.85. The number of carbonyl (C=O) groups is 1. The number of benzene rings is 2. The van der Waals surface area contributed by atoms with Gasteiger partial charge in [-0.25, -0.2) is 9.97 Å². The van der Waals surface area contributed by atoms with Crippen molar-refractivity contribution < 1.29 is 28.2 Å². The van der Waals surface area contributed by atoms with Gasteiger partial charge in [-0.15, -0.1) is 0 Å². The molecule has 5 rings (SSSR count). The van der Waals surface area contributed by atoms with Crippen LogP contribution >= 0.6 is 0 Å². The molecule has 1 saturated carbocycles. The highest BCUT2D eigenvalue weighted by Crippen LogP contribution is 2.49. The third-order valence-electron chi connectivity index (χ3n) is 8.82. The van der Waals surface area contributed by atoms with E-state index in [1.807, 2.05) is 18.2 Å². The molecule has 2 aromatic heterocycles. The van der Waals surface area contributed by atoms with Gasteiger partial charge in [-0.05, 0) is 48.4 Å². The first-order chi connectivity index (χ1) is 19.8. The van der Waals surface area contributed by atoms with E-state index in [-0.39, 0.29) is 23.2 Å². The molecule has 4 aromatic rings. The van der Waals surface area contributed by atoms with Crippen LogP contribution in [0.25, 0.3) is 16.8 Å². The number of fused-ring (bicyclic) bond motifs is 1. The van der Waals surface area contributed by atoms with E-state index in [4.69, 9.17) is 10.7 Å². The second-order valence-electron chi connectivity index (χ2n) is 11.4. The van der Waals surface area contributed by atoms with Crippen LogP contribution in [0.2, 0.25) is 0 Å². The Hall–Kier alpha value is -4.18. The van der Waals surface area contributed by atoms with Gasteiger partial charge < -0.3 is 15.9 Å². The lowest BCUT2D eigenvalue weighted by atomic mass is 9.63. The lowest BCUT2D eigenvalue weighted by Crippen LogP contribution is -2.40. The van der Waals surface area contributed by atoms with E-state index in [9.17, 15) is 28.2 Å². The van der Waals surface area contributed by atoms with Crippen molar-refractivity contribution in [1.29, 1.82) is 0 Å². The van der Waals surface area contributed by atoms with Crippen molar-refractivity contribution >= 4 is 17.3 Å². The Labute approximate surface area is 241 Å². The number of nitrogen functional groups attached to an aromatic ring is 1. The molecule has 220 valence electrons. The van der Waals surface area contributed by atoms with E-state index >= 15 is 0 Å². The molecule has 0 saturated heterocycles. The molecule has 1 fully saturated rings. The van der Waals surface area contributed by atoms with Crippen molar-refractivity contribution in [2.24, 2.45) is 11.3 Å². The first-order valence-corrected chi connectivity index (χ1v) is 13.8. The molecule has 0 amide bonds. The quantitative estimate of drug-likeness (QED) is 0.208. The standard InChI is InChI=1S/C32H33F3N4O3/c1-4-31(42,23-8-5-9-24(17-23)32(33,34)35)22-12-10-20(11-13-22)25-26-27(36)37-15-16-39(26)28(38-25)21-7-6-14-30(18-21,19(2)3)29(40)41/h4-5,8-13,15-17,19,21,42H,1,6-7,14,18H2,2-3H3,(H2,36,37)(H,40,41)/t21-,30+,31+/m1/s1. The van der Waals surface area contributed by atoms with E-state index in [0.29, 0.717) is 41.0 Å². The van der Waals surface area contributed by atoms with Gasteiger partial charge in [0.1, 0.15) is 28.5 Å². The van der Waals surface area contributed by atoms with Crippen LogP contribution in [0.5, 0.6) is 0 Å². The maximum absolute atomic E-state index is 13.4. The Morgan fingerprint density at radius 3 is 2.48 bits per heavy atom. The van der Waals surface area contributed by atoms with Gasteiger partial charge in [-0.1, -0.05) is 69.3 Å². The summed E-state index contributed by atoms with van der Waals surface area (Å²) in [6, 6.07) is 11.2. The molecule has 2 aromatic carbocycles. The third-order valence-corrected chi connectivity index (χ3v) is 8.82. The Kier molecular flexibility index (Phi) is 7.39. The Balaban J connectivity index is 1.56. The number of hydrogen-bond acceptors (Lipinski definition) is 5. The Morgan fingerprint density at radius 1 is 1.17 bits per heavy atom. The molecule has 0 unspecified atom stereocenters. The van der Waals surface area contributed by atoms with Gasteiger partial charge in [0.25, 0.3) is 0 Å². The minimum absolute atomic E-state index is 0.0348. The monoisotopic (exact) mass is 578 g/mol. The molecule has 1 aliphatic carbocycles. The molecule has 0 radical (unpaired) electrons. The SMILES string of the molecule is C=C[C@](O)(c1ccc(-c2nc([C@@H]3CCC[C@@](C(=O)O)(C(C)C)C3)n3ccnc(N)c23)cc1)c1cccc(C(F)(F)F)c1. The predicted molar refractivity (Wildman–Crippen MR) is 154 cm³/mol. The van der Waals surface area contributed by atoms with Crippen LogP contribution in [-0.2, 0) is 16.6 Å². The number of anilines is 1. The molecule has 4 N–H and O–H groups in total. The average molecular weight is 579 g/mol. The van der Waals surface area contributed by atoms with Crippen molar-refractivity contribution in [2.45, 2.75) is 57.2 Å².